The molecule has 0 aliphatic rings. The number of hydrogen-bond acceptors (Lipinski definition) is 1. The highest BCUT2D eigenvalue weighted by atomic mass is 79.9. The second-order valence-electron chi connectivity index (χ2n) is 4.31. The zero-order valence-corrected chi connectivity index (χ0v) is 12.3. The molecular weight excluding hydrogens is 266 g/mol. The highest BCUT2D eigenvalue weighted by molar-refractivity contribution is 9.09. The first-order valence-corrected chi connectivity index (χ1v) is 7.72. The Morgan fingerprint density at radius 2 is 1.88 bits per heavy atom. The van der Waals surface area contributed by atoms with Crippen LogP contribution in [0.4, 0.5) is 0 Å². The Labute approximate surface area is 109 Å². The second kappa shape index (κ2) is 11.4. The maximum Gasteiger partial charge on any atom is 0.220 e. The van der Waals surface area contributed by atoms with Crippen molar-refractivity contribution in [3.63, 3.8) is 0 Å². The van der Waals surface area contributed by atoms with Crippen LogP contribution in [0.15, 0.2) is 0 Å². The molecule has 1 atom stereocenters. The summed E-state index contributed by atoms with van der Waals surface area (Å²) < 4.78 is 0. The first-order chi connectivity index (χ1) is 7.74. The third kappa shape index (κ3) is 9.20. The van der Waals surface area contributed by atoms with E-state index in [1.165, 1.54) is 25.7 Å². The van der Waals surface area contributed by atoms with Crippen LogP contribution in [0.2, 0.25) is 0 Å². The lowest BCUT2D eigenvalue weighted by Gasteiger charge is -2.15. The molecule has 0 radical (unpaired) electrons. The van der Waals surface area contributed by atoms with E-state index in [9.17, 15) is 4.79 Å². The largest absolute Gasteiger partial charge is 0.353 e. The van der Waals surface area contributed by atoms with Gasteiger partial charge < -0.3 is 5.32 Å². The molecule has 0 saturated carbocycles. The van der Waals surface area contributed by atoms with Gasteiger partial charge in [-0.2, -0.15) is 0 Å². The van der Waals surface area contributed by atoms with Gasteiger partial charge in [-0.25, -0.2) is 0 Å². The SMILES string of the molecule is CCCCCCCC(=O)NC(CC)CCBr. The molecule has 0 aliphatic heterocycles. The van der Waals surface area contributed by atoms with Gasteiger partial charge in [-0.15, -0.1) is 0 Å². The monoisotopic (exact) mass is 291 g/mol. The zero-order chi connectivity index (χ0) is 12.2. The van der Waals surface area contributed by atoms with Crippen LogP contribution in [0.5, 0.6) is 0 Å². The van der Waals surface area contributed by atoms with E-state index in [0.717, 1.165) is 24.6 Å². The van der Waals surface area contributed by atoms with Crippen molar-refractivity contribution in [2.75, 3.05) is 5.33 Å². The van der Waals surface area contributed by atoms with Crippen molar-refractivity contribution in [2.24, 2.45) is 0 Å². The first-order valence-electron chi connectivity index (χ1n) is 6.59. The summed E-state index contributed by atoms with van der Waals surface area (Å²) in [5.74, 6) is 0.226. The van der Waals surface area contributed by atoms with Crippen molar-refractivity contribution in [3.05, 3.63) is 0 Å². The van der Waals surface area contributed by atoms with Crippen LogP contribution in [-0.4, -0.2) is 17.3 Å². The van der Waals surface area contributed by atoms with Crippen molar-refractivity contribution >= 4 is 21.8 Å². The Hall–Kier alpha value is -0.0500. The van der Waals surface area contributed by atoms with Crippen LogP contribution in [-0.2, 0) is 4.79 Å². The lowest BCUT2D eigenvalue weighted by Crippen LogP contribution is -2.34. The molecule has 3 heteroatoms. The molecule has 0 saturated heterocycles. The van der Waals surface area contributed by atoms with E-state index in [0.29, 0.717) is 12.5 Å². The van der Waals surface area contributed by atoms with Crippen molar-refractivity contribution in [2.45, 2.75) is 71.3 Å². The molecule has 1 unspecified atom stereocenters. The van der Waals surface area contributed by atoms with Gasteiger partial charge >= 0.3 is 0 Å². The number of amides is 1. The molecule has 96 valence electrons. The Balaban J connectivity index is 3.48. The molecule has 0 fully saturated rings. The van der Waals surface area contributed by atoms with E-state index in [1.807, 2.05) is 0 Å². The van der Waals surface area contributed by atoms with Gasteiger partial charge in [0.05, 0.1) is 0 Å². The fraction of sp³-hybridized carbons (Fsp3) is 0.923. The zero-order valence-electron chi connectivity index (χ0n) is 10.7. The minimum Gasteiger partial charge on any atom is -0.353 e. The molecule has 0 aliphatic carbocycles. The van der Waals surface area contributed by atoms with Gasteiger partial charge in [-0.3, -0.25) is 4.79 Å². The average molecular weight is 292 g/mol. The molecule has 1 N–H and O–H groups in total. The smallest absolute Gasteiger partial charge is 0.220 e. The topological polar surface area (TPSA) is 29.1 Å². The van der Waals surface area contributed by atoms with E-state index in [4.69, 9.17) is 0 Å². The summed E-state index contributed by atoms with van der Waals surface area (Å²) in [7, 11) is 0. The summed E-state index contributed by atoms with van der Waals surface area (Å²) in [6.45, 7) is 4.33. The average Bonchev–Trinajstić information content (AvgIpc) is 2.28. The van der Waals surface area contributed by atoms with E-state index in [-0.39, 0.29) is 5.91 Å². The molecule has 0 aromatic carbocycles. The molecule has 0 heterocycles. The minimum atomic E-state index is 0.226. The van der Waals surface area contributed by atoms with Crippen molar-refractivity contribution < 1.29 is 4.79 Å². The number of carbonyl (C=O) groups excluding carboxylic acids is 1. The van der Waals surface area contributed by atoms with Gasteiger partial charge in [0.1, 0.15) is 0 Å². The Bertz CT molecular complexity index is 173. The molecule has 0 aromatic heterocycles. The van der Waals surface area contributed by atoms with Gasteiger partial charge in [0.2, 0.25) is 5.91 Å². The number of alkyl halides is 1. The summed E-state index contributed by atoms with van der Waals surface area (Å²) >= 11 is 3.41. The van der Waals surface area contributed by atoms with E-state index in [1.54, 1.807) is 0 Å². The van der Waals surface area contributed by atoms with Gasteiger partial charge in [0.25, 0.3) is 0 Å². The molecule has 0 spiro atoms. The Morgan fingerprint density at radius 3 is 2.44 bits per heavy atom. The molecule has 0 aromatic rings. The highest BCUT2D eigenvalue weighted by Crippen LogP contribution is 2.06. The third-order valence-electron chi connectivity index (χ3n) is 2.82. The standard InChI is InChI=1S/C13H26BrNO/c1-3-5-6-7-8-9-13(16)15-12(4-2)10-11-14/h12H,3-11H2,1-2H3,(H,15,16). The fourth-order valence-electron chi connectivity index (χ4n) is 1.70. The van der Waals surface area contributed by atoms with Crippen LogP contribution in [0.1, 0.15) is 65.2 Å². The maximum absolute atomic E-state index is 11.6. The van der Waals surface area contributed by atoms with Gasteiger partial charge in [-0.1, -0.05) is 55.5 Å². The molecule has 0 rings (SSSR count). The predicted molar refractivity (Wildman–Crippen MR) is 74.0 cm³/mol. The van der Waals surface area contributed by atoms with Crippen molar-refractivity contribution in [1.82, 2.24) is 5.32 Å². The number of hydrogen-bond donors (Lipinski definition) is 1. The third-order valence-corrected chi connectivity index (χ3v) is 3.28. The number of rotatable bonds is 10. The number of carbonyl (C=O) groups is 1. The van der Waals surface area contributed by atoms with Crippen LogP contribution in [0.25, 0.3) is 0 Å². The van der Waals surface area contributed by atoms with Crippen LogP contribution in [0, 0.1) is 0 Å². The summed E-state index contributed by atoms with van der Waals surface area (Å²) in [5, 5.41) is 4.05. The van der Waals surface area contributed by atoms with Crippen LogP contribution < -0.4 is 5.32 Å². The van der Waals surface area contributed by atoms with Gasteiger partial charge in [0.15, 0.2) is 0 Å². The molecule has 0 bridgehead atoms. The van der Waals surface area contributed by atoms with Crippen LogP contribution in [0.3, 0.4) is 0 Å². The number of nitrogens with one attached hydrogen (secondary N) is 1. The summed E-state index contributed by atoms with van der Waals surface area (Å²) in [6, 6.07) is 0.350. The fourth-order valence-corrected chi connectivity index (χ4v) is 2.25. The lowest BCUT2D eigenvalue weighted by atomic mass is 10.1. The molecule has 1 amide bonds. The summed E-state index contributed by atoms with van der Waals surface area (Å²) in [6.07, 6.45) is 8.79. The maximum atomic E-state index is 11.6. The lowest BCUT2D eigenvalue weighted by molar-refractivity contribution is -0.121. The molecule has 2 nitrogen and oxygen atoms in total. The minimum absolute atomic E-state index is 0.226. The van der Waals surface area contributed by atoms with E-state index >= 15 is 0 Å². The Kier molecular flexibility index (Phi) is 11.4. The Morgan fingerprint density at radius 1 is 1.19 bits per heavy atom. The van der Waals surface area contributed by atoms with Crippen LogP contribution >= 0.6 is 15.9 Å². The van der Waals surface area contributed by atoms with E-state index in [2.05, 4.69) is 35.1 Å². The first kappa shape index (κ1) is 16.0. The summed E-state index contributed by atoms with van der Waals surface area (Å²) in [5.41, 5.74) is 0. The molecule has 16 heavy (non-hydrogen) atoms. The van der Waals surface area contributed by atoms with Gasteiger partial charge in [0, 0.05) is 17.8 Å². The quantitative estimate of drug-likeness (QED) is 0.478. The van der Waals surface area contributed by atoms with Crippen molar-refractivity contribution in [1.29, 1.82) is 0 Å². The van der Waals surface area contributed by atoms with Crippen molar-refractivity contribution in [3.8, 4) is 0 Å². The summed E-state index contributed by atoms with van der Waals surface area (Å²) in [4.78, 5) is 11.6. The number of halogens is 1. The highest BCUT2D eigenvalue weighted by Gasteiger charge is 2.08. The number of unbranched alkanes of at least 4 members (excludes halogenated alkanes) is 4. The van der Waals surface area contributed by atoms with E-state index < -0.39 is 0 Å². The normalized spacial score (nSPS) is 12.4. The predicted octanol–water partition coefficient (Wildman–Crippen LogP) is 4.03. The second-order valence-corrected chi connectivity index (χ2v) is 5.11. The molecular formula is C13H26BrNO. The van der Waals surface area contributed by atoms with Gasteiger partial charge in [-0.05, 0) is 19.3 Å².